The summed E-state index contributed by atoms with van der Waals surface area (Å²) in [7, 11) is 0. The van der Waals surface area contributed by atoms with Crippen LogP contribution in [0.15, 0.2) is 54.7 Å². The second-order valence-electron chi connectivity index (χ2n) is 4.92. The number of hydrogen-bond acceptors (Lipinski definition) is 2. The van der Waals surface area contributed by atoms with Crippen LogP contribution in [0.3, 0.4) is 0 Å². The SMILES string of the molecule is CC(CCNCCc1ccccn1)c1ccccc1. The lowest BCUT2D eigenvalue weighted by molar-refractivity contribution is 0.593. The molecule has 1 aromatic heterocycles. The maximum Gasteiger partial charge on any atom is 0.0416 e. The van der Waals surface area contributed by atoms with Gasteiger partial charge in [-0.25, -0.2) is 0 Å². The predicted molar refractivity (Wildman–Crippen MR) is 80.3 cm³/mol. The van der Waals surface area contributed by atoms with Crippen molar-refractivity contribution in [2.24, 2.45) is 0 Å². The summed E-state index contributed by atoms with van der Waals surface area (Å²) in [5.41, 5.74) is 2.58. The molecule has 1 N–H and O–H groups in total. The average molecular weight is 254 g/mol. The molecule has 1 heterocycles. The lowest BCUT2D eigenvalue weighted by Gasteiger charge is -2.12. The van der Waals surface area contributed by atoms with Crippen LogP contribution >= 0.6 is 0 Å². The highest BCUT2D eigenvalue weighted by Gasteiger charge is 2.03. The molecule has 19 heavy (non-hydrogen) atoms. The normalized spacial score (nSPS) is 12.3. The smallest absolute Gasteiger partial charge is 0.0416 e. The van der Waals surface area contributed by atoms with Crippen molar-refractivity contribution >= 4 is 0 Å². The van der Waals surface area contributed by atoms with Crippen molar-refractivity contribution < 1.29 is 0 Å². The van der Waals surface area contributed by atoms with E-state index in [1.165, 1.54) is 12.0 Å². The maximum atomic E-state index is 4.32. The van der Waals surface area contributed by atoms with E-state index in [4.69, 9.17) is 0 Å². The molecule has 0 aliphatic carbocycles. The molecule has 1 atom stereocenters. The Morgan fingerprint density at radius 2 is 1.79 bits per heavy atom. The lowest BCUT2D eigenvalue weighted by atomic mass is 9.98. The van der Waals surface area contributed by atoms with E-state index in [0.29, 0.717) is 5.92 Å². The Morgan fingerprint density at radius 3 is 2.53 bits per heavy atom. The highest BCUT2D eigenvalue weighted by atomic mass is 14.8. The number of nitrogens with zero attached hydrogens (tertiary/aromatic N) is 1. The third kappa shape index (κ3) is 4.84. The molecule has 0 aliphatic rings. The topological polar surface area (TPSA) is 24.9 Å². The standard InChI is InChI=1S/C17H22N2/c1-15(16-7-3-2-4-8-16)10-13-18-14-11-17-9-5-6-12-19-17/h2-9,12,15,18H,10-11,13-14H2,1H3. The van der Waals surface area contributed by atoms with Gasteiger partial charge in [0.2, 0.25) is 0 Å². The fourth-order valence-corrected chi connectivity index (χ4v) is 2.15. The van der Waals surface area contributed by atoms with Crippen LogP contribution in [0.1, 0.15) is 30.5 Å². The summed E-state index contributed by atoms with van der Waals surface area (Å²) in [6.45, 7) is 4.34. The first-order valence-electron chi connectivity index (χ1n) is 7.02. The molecule has 0 aliphatic heterocycles. The maximum absolute atomic E-state index is 4.32. The van der Waals surface area contributed by atoms with Crippen LogP contribution in [-0.4, -0.2) is 18.1 Å². The van der Waals surface area contributed by atoms with E-state index in [1.807, 2.05) is 18.3 Å². The number of hydrogen-bond donors (Lipinski definition) is 1. The molecule has 0 saturated carbocycles. The van der Waals surface area contributed by atoms with E-state index < -0.39 is 0 Å². The molecule has 2 rings (SSSR count). The van der Waals surface area contributed by atoms with Crippen molar-refractivity contribution in [3.63, 3.8) is 0 Å². The molecule has 2 aromatic rings. The van der Waals surface area contributed by atoms with Crippen LogP contribution in [0.25, 0.3) is 0 Å². The van der Waals surface area contributed by atoms with Gasteiger partial charge in [0, 0.05) is 24.9 Å². The van der Waals surface area contributed by atoms with Crippen molar-refractivity contribution in [1.82, 2.24) is 10.3 Å². The van der Waals surface area contributed by atoms with E-state index >= 15 is 0 Å². The molecule has 2 heteroatoms. The number of aromatic nitrogens is 1. The molecule has 0 bridgehead atoms. The molecule has 0 spiro atoms. The van der Waals surface area contributed by atoms with Gasteiger partial charge in [-0.05, 0) is 36.6 Å². The summed E-state index contributed by atoms with van der Waals surface area (Å²) in [6, 6.07) is 16.8. The van der Waals surface area contributed by atoms with Crippen LogP contribution in [-0.2, 0) is 6.42 Å². The van der Waals surface area contributed by atoms with E-state index in [2.05, 4.69) is 53.6 Å². The number of benzene rings is 1. The van der Waals surface area contributed by atoms with E-state index in [1.54, 1.807) is 0 Å². The second-order valence-corrected chi connectivity index (χ2v) is 4.92. The van der Waals surface area contributed by atoms with Gasteiger partial charge < -0.3 is 5.32 Å². The molecule has 0 amide bonds. The Morgan fingerprint density at radius 1 is 1.00 bits per heavy atom. The largest absolute Gasteiger partial charge is 0.316 e. The first-order valence-corrected chi connectivity index (χ1v) is 7.02. The van der Waals surface area contributed by atoms with Gasteiger partial charge in [-0.15, -0.1) is 0 Å². The molecule has 1 unspecified atom stereocenters. The minimum atomic E-state index is 0.614. The van der Waals surface area contributed by atoms with Crippen LogP contribution < -0.4 is 5.32 Å². The number of nitrogens with one attached hydrogen (secondary N) is 1. The monoisotopic (exact) mass is 254 g/mol. The molecule has 0 radical (unpaired) electrons. The van der Waals surface area contributed by atoms with Gasteiger partial charge in [-0.1, -0.05) is 43.3 Å². The summed E-state index contributed by atoms with van der Waals surface area (Å²) >= 11 is 0. The Labute approximate surface area is 115 Å². The van der Waals surface area contributed by atoms with Gasteiger partial charge in [0.05, 0.1) is 0 Å². The van der Waals surface area contributed by atoms with Gasteiger partial charge in [-0.3, -0.25) is 4.98 Å². The Bertz CT molecular complexity index is 453. The summed E-state index contributed by atoms with van der Waals surface area (Å²) < 4.78 is 0. The molecule has 0 fully saturated rings. The molecule has 0 saturated heterocycles. The number of pyridine rings is 1. The van der Waals surface area contributed by atoms with Crippen LogP contribution in [0.5, 0.6) is 0 Å². The zero-order valence-electron chi connectivity index (χ0n) is 11.5. The Hall–Kier alpha value is -1.67. The summed E-state index contributed by atoms with van der Waals surface area (Å²) in [5.74, 6) is 0.614. The van der Waals surface area contributed by atoms with Crippen LogP contribution in [0, 0.1) is 0 Å². The third-order valence-electron chi connectivity index (χ3n) is 3.41. The van der Waals surface area contributed by atoms with Gasteiger partial charge >= 0.3 is 0 Å². The van der Waals surface area contributed by atoms with E-state index in [9.17, 15) is 0 Å². The average Bonchev–Trinajstić information content (AvgIpc) is 2.49. The molecule has 100 valence electrons. The summed E-state index contributed by atoms with van der Waals surface area (Å²) in [6.07, 6.45) is 4.03. The second kappa shape index (κ2) is 7.70. The highest BCUT2D eigenvalue weighted by molar-refractivity contribution is 5.18. The summed E-state index contributed by atoms with van der Waals surface area (Å²) in [5, 5.41) is 3.49. The molecular formula is C17H22N2. The fourth-order valence-electron chi connectivity index (χ4n) is 2.15. The zero-order chi connectivity index (χ0) is 13.3. The molecule has 2 nitrogen and oxygen atoms in total. The van der Waals surface area contributed by atoms with Gasteiger partial charge in [0.1, 0.15) is 0 Å². The van der Waals surface area contributed by atoms with Crippen LogP contribution in [0.4, 0.5) is 0 Å². The van der Waals surface area contributed by atoms with Gasteiger partial charge in [0.25, 0.3) is 0 Å². The quantitative estimate of drug-likeness (QED) is 0.766. The zero-order valence-corrected chi connectivity index (χ0v) is 11.5. The van der Waals surface area contributed by atoms with Crippen molar-refractivity contribution in [1.29, 1.82) is 0 Å². The van der Waals surface area contributed by atoms with Gasteiger partial charge in [-0.2, -0.15) is 0 Å². The van der Waals surface area contributed by atoms with Gasteiger partial charge in [0.15, 0.2) is 0 Å². The van der Waals surface area contributed by atoms with E-state index in [0.717, 1.165) is 25.2 Å². The Balaban J connectivity index is 1.62. The predicted octanol–water partition coefficient (Wildman–Crippen LogP) is 3.41. The van der Waals surface area contributed by atoms with Crippen molar-refractivity contribution in [3.05, 3.63) is 66.0 Å². The fraction of sp³-hybridized carbons (Fsp3) is 0.353. The summed E-state index contributed by atoms with van der Waals surface area (Å²) in [4.78, 5) is 4.32. The van der Waals surface area contributed by atoms with Crippen LogP contribution in [0.2, 0.25) is 0 Å². The highest BCUT2D eigenvalue weighted by Crippen LogP contribution is 2.17. The minimum Gasteiger partial charge on any atom is -0.316 e. The molecular weight excluding hydrogens is 232 g/mol. The van der Waals surface area contributed by atoms with Crippen molar-refractivity contribution in [2.75, 3.05) is 13.1 Å². The Kier molecular flexibility index (Phi) is 5.57. The van der Waals surface area contributed by atoms with E-state index in [-0.39, 0.29) is 0 Å². The first-order chi connectivity index (χ1) is 9.36. The minimum absolute atomic E-state index is 0.614. The molecule has 1 aromatic carbocycles. The third-order valence-corrected chi connectivity index (χ3v) is 3.41. The number of rotatable bonds is 7. The van der Waals surface area contributed by atoms with Crippen molar-refractivity contribution in [3.8, 4) is 0 Å². The van der Waals surface area contributed by atoms with Crippen molar-refractivity contribution in [2.45, 2.75) is 25.7 Å². The first kappa shape index (κ1) is 13.8. The lowest BCUT2D eigenvalue weighted by Crippen LogP contribution is -2.20.